The Kier molecular flexibility index (Phi) is 8.73. The van der Waals surface area contributed by atoms with Crippen LogP contribution in [-0.4, -0.2) is 23.5 Å². The molecule has 0 aliphatic carbocycles. The first-order valence-corrected chi connectivity index (χ1v) is 6.90. The van der Waals surface area contributed by atoms with Crippen molar-refractivity contribution in [3.63, 3.8) is 0 Å². The minimum atomic E-state index is -0.733. The van der Waals surface area contributed by atoms with Crippen LogP contribution in [0.4, 0.5) is 0 Å². The lowest BCUT2D eigenvalue weighted by molar-refractivity contribution is -0.155. The zero-order valence-electron chi connectivity index (χ0n) is 12.7. The van der Waals surface area contributed by atoms with Gasteiger partial charge in [-0.05, 0) is 27.2 Å². The third kappa shape index (κ3) is 9.92. The van der Waals surface area contributed by atoms with Gasteiger partial charge < -0.3 is 14.9 Å². The van der Waals surface area contributed by atoms with Gasteiger partial charge in [-0.1, -0.05) is 17.7 Å². The molecular weight excluding hydrogens is 296 g/mol. The van der Waals surface area contributed by atoms with E-state index in [-0.39, 0.29) is 24.5 Å². The maximum atomic E-state index is 11.8. The van der Waals surface area contributed by atoms with Gasteiger partial charge in [-0.25, -0.2) is 0 Å². The van der Waals surface area contributed by atoms with Crippen molar-refractivity contribution < 1.29 is 19.2 Å². The molecule has 0 saturated heterocycles. The average molecular weight is 319 g/mol. The first-order chi connectivity index (χ1) is 9.69. The van der Waals surface area contributed by atoms with Crippen LogP contribution in [-0.2, 0) is 19.2 Å². The summed E-state index contributed by atoms with van der Waals surface area (Å²) in [5, 5.41) is 2.64. The van der Waals surface area contributed by atoms with Gasteiger partial charge in [-0.2, -0.15) is 0 Å². The molecule has 0 bridgehead atoms. The highest BCUT2D eigenvalue weighted by atomic mass is 35.5. The van der Waals surface area contributed by atoms with Crippen LogP contribution in [0, 0.1) is 0 Å². The van der Waals surface area contributed by atoms with Crippen LogP contribution in [0.5, 0.6) is 0 Å². The number of halogens is 1. The van der Waals surface area contributed by atoms with Crippen LogP contribution in [0.3, 0.4) is 0 Å². The van der Waals surface area contributed by atoms with E-state index in [0.717, 1.165) is 0 Å². The molecule has 6 nitrogen and oxygen atoms in total. The lowest BCUT2D eigenvalue weighted by Gasteiger charge is -2.23. The second-order valence-electron chi connectivity index (χ2n) is 5.38. The van der Waals surface area contributed by atoms with Gasteiger partial charge >= 0.3 is 5.97 Å². The minimum Gasteiger partial charge on any atom is -0.460 e. The standard InChI is InChI=1S/C14H23ClN2O4/c1-6-7-8-12(18)16-11(10(2)21-17-15)9-13(19)20-14(3,4)5/h6,11,17H,1-2,7-9H2,3-5H3,(H,16,18)/t11-/m0/s1. The summed E-state index contributed by atoms with van der Waals surface area (Å²) >= 11 is 5.23. The molecule has 0 aromatic rings. The Morgan fingerprint density at radius 1 is 1.38 bits per heavy atom. The van der Waals surface area contributed by atoms with Gasteiger partial charge in [0.1, 0.15) is 11.4 Å². The highest BCUT2D eigenvalue weighted by Crippen LogP contribution is 2.13. The van der Waals surface area contributed by atoms with Gasteiger partial charge in [0.25, 0.3) is 0 Å². The molecule has 0 radical (unpaired) electrons. The average Bonchev–Trinajstić information content (AvgIpc) is 2.33. The summed E-state index contributed by atoms with van der Waals surface area (Å²) in [5.41, 5.74) is -0.610. The molecule has 0 saturated carbocycles. The lowest BCUT2D eigenvalue weighted by atomic mass is 10.1. The van der Waals surface area contributed by atoms with Gasteiger partial charge in [0.15, 0.2) is 0 Å². The Hall–Kier alpha value is -1.53. The highest BCUT2D eigenvalue weighted by molar-refractivity contribution is 6.12. The fraction of sp³-hybridized carbons (Fsp3) is 0.571. The molecule has 0 spiro atoms. The molecule has 0 rings (SSSR count). The van der Waals surface area contributed by atoms with Crippen LogP contribution in [0.2, 0.25) is 0 Å². The van der Waals surface area contributed by atoms with E-state index in [2.05, 4.69) is 18.5 Å². The first-order valence-electron chi connectivity index (χ1n) is 6.53. The predicted octanol–water partition coefficient (Wildman–Crippen LogP) is 2.36. The molecule has 0 aromatic heterocycles. The van der Waals surface area contributed by atoms with Gasteiger partial charge in [0, 0.05) is 18.2 Å². The van der Waals surface area contributed by atoms with E-state index in [1.807, 2.05) is 5.00 Å². The van der Waals surface area contributed by atoms with Crippen molar-refractivity contribution in [2.75, 3.05) is 0 Å². The minimum absolute atomic E-state index is 0.103. The Labute approximate surface area is 130 Å². The summed E-state index contributed by atoms with van der Waals surface area (Å²) in [6.45, 7) is 12.4. The molecule has 0 fully saturated rings. The van der Waals surface area contributed by atoms with Crippen LogP contribution < -0.4 is 10.3 Å². The number of allylic oxidation sites excluding steroid dienone is 1. The molecule has 120 valence electrons. The summed E-state index contributed by atoms with van der Waals surface area (Å²) in [7, 11) is 0. The zero-order valence-corrected chi connectivity index (χ0v) is 13.5. The topological polar surface area (TPSA) is 76.7 Å². The SMILES string of the molecule is C=CCCC(=O)N[C@@H](CC(=O)OC(C)(C)C)C(=C)ONCl. The Balaban J connectivity index is 4.66. The molecule has 0 unspecified atom stereocenters. The van der Waals surface area contributed by atoms with Crippen molar-refractivity contribution in [2.45, 2.75) is 51.7 Å². The second kappa shape index (κ2) is 9.41. The molecule has 0 aromatic carbocycles. The molecule has 21 heavy (non-hydrogen) atoms. The predicted molar refractivity (Wildman–Crippen MR) is 81.0 cm³/mol. The molecular formula is C14H23ClN2O4. The number of amides is 1. The van der Waals surface area contributed by atoms with Crippen molar-refractivity contribution >= 4 is 23.7 Å². The highest BCUT2D eigenvalue weighted by Gasteiger charge is 2.24. The van der Waals surface area contributed by atoms with Crippen molar-refractivity contribution in [3.05, 3.63) is 25.0 Å². The molecule has 0 heterocycles. The molecule has 1 atom stereocenters. The van der Waals surface area contributed by atoms with Crippen LogP contribution >= 0.6 is 11.8 Å². The Bertz CT molecular complexity index is 391. The number of nitrogens with one attached hydrogen (secondary N) is 2. The maximum absolute atomic E-state index is 11.8. The van der Waals surface area contributed by atoms with E-state index in [9.17, 15) is 9.59 Å². The summed E-state index contributed by atoms with van der Waals surface area (Å²) < 4.78 is 5.20. The number of esters is 1. The van der Waals surface area contributed by atoms with Gasteiger partial charge in [-0.3, -0.25) is 9.59 Å². The van der Waals surface area contributed by atoms with E-state index in [1.54, 1.807) is 26.8 Å². The number of carbonyl (C=O) groups is 2. The van der Waals surface area contributed by atoms with E-state index in [1.165, 1.54) is 0 Å². The summed E-state index contributed by atoms with van der Waals surface area (Å²) in [4.78, 5) is 30.3. The third-order valence-corrected chi connectivity index (χ3v) is 2.34. The fourth-order valence-corrected chi connectivity index (χ4v) is 1.51. The van der Waals surface area contributed by atoms with E-state index in [0.29, 0.717) is 6.42 Å². The largest absolute Gasteiger partial charge is 0.460 e. The number of carbonyl (C=O) groups excluding carboxylic acids is 2. The quantitative estimate of drug-likeness (QED) is 0.224. The van der Waals surface area contributed by atoms with Crippen molar-refractivity contribution in [2.24, 2.45) is 0 Å². The molecule has 0 aliphatic rings. The summed E-state index contributed by atoms with van der Waals surface area (Å²) in [5.74, 6) is -0.610. The third-order valence-electron chi connectivity index (χ3n) is 2.26. The summed E-state index contributed by atoms with van der Waals surface area (Å²) in [6, 6.07) is -0.733. The zero-order chi connectivity index (χ0) is 16.5. The van der Waals surface area contributed by atoms with Crippen molar-refractivity contribution in [1.82, 2.24) is 10.3 Å². The number of rotatable bonds is 9. The van der Waals surface area contributed by atoms with E-state index < -0.39 is 17.6 Å². The van der Waals surface area contributed by atoms with Gasteiger partial charge in [0.05, 0.1) is 12.5 Å². The molecule has 0 aliphatic heterocycles. The molecule has 7 heteroatoms. The van der Waals surface area contributed by atoms with E-state index in [4.69, 9.17) is 21.4 Å². The van der Waals surface area contributed by atoms with Crippen LogP contribution in [0.1, 0.15) is 40.0 Å². The Morgan fingerprint density at radius 2 is 2.00 bits per heavy atom. The van der Waals surface area contributed by atoms with Crippen molar-refractivity contribution in [1.29, 1.82) is 0 Å². The molecule has 1 amide bonds. The van der Waals surface area contributed by atoms with E-state index >= 15 is 0 Å². The first kappa shape index (κ1) is 19.5. The Morgan fingerprint density at radius 3 is 2.48 bits per heavy atom. The normalized spacial score (nSPS) is 12.2. The molecule has 2 N–H and O–H groups in total. The second-order valence-corrected chi connectivity index (χ2v) is 5.54. The monoisotopic (exact) mass is 318 g/mol. The van der Waals surface area contributed by atoms with Crippen molar-refractivity contribution in [3.8, 4) is 0 Å². The lowest BCUT2D eigenvalue weighted by Crippen LogP contribution is -2.40. The number of hydrogen-bond donors (Lipinski definition) is 2. The smallest absolute Gasteiger partial charge is 0.308 e. The van der Waals surface area contributed by atoms with Gasteiger partial charge in [0.2, 0.25) is 5.91 Å². The summed E-state index contributed by atoms with van der Waals surface area (Å²) in [6.07, 6.45) is 2.32. The number of hydrogen-bond acceptors (Lipinski definition) is 5. The van der Waals surface area contributed by atoms with Gasteiger partial charge in [-0.15, -0.1) is 6.58 Å². The van der Waals surface area contributed by atoms with Crippen LogP contribution in [0.25, 0.3) is 0 Å². The number of ether oxygens (including phenoxy) is 1. The van der Waals surface area contributed by atoms with Crippen LogP contribution in [0.15, 0.2) is 25.0 Å². The maximum Gasteiger partial charge on any atom is 0.308 e. The fourth-order valence-electron chi connectivity index (χ4n) is 1.42.